The van der Waals surface area contributed by atoms with Crippen LogP contribution in [0, 0.1) is 6.92 Å². The number of carbonyl (C=O) groups excluding carboxylic acids is 1. The summed E-state index contributed by atoms with van der Waals surface area (Å²) in [5, 5.41) is 6.83. The fraction of sp³-hybridized carbons (Fsp3) is 0.500. The predicted octanol–water partition coefficient (Wildman–Crippen LogP) is 4.73. The van der Waals surface area contributed by atoms with Crippen LogP contribution in [0.5, 0.6) is 0 Å². The van der Waals surface area contributed by atoms with Gasteiger partial charge >= 0.3 is 0 Å². The fourth-order valence-electron chi connectivity index (χ4n) is 2.44. The van der Waals surface area contributed by atoms with Gasteiger partial charge in [0.2, 0.25) is 17.6 Å². The van der Waals surface area contributed by atoms with Gasteiger partial charge in [0.05, 0.1) is 0 Å². The molecular formula is C18H25N3O2. The first-order valence-corrected chi connectivity index (χ1v) is 8.39. The van der Waals surface area contributed by atoms with Gasteiger partial charge in [-0.05, 0) is 18.6 Å². The van der Waals surface area contributed by atoms with Crippen LogP contribution in [0.25, 0.3) is 11.4 Å². The van der Waals surface area contributed by atoms with E-state index in [2.05, 4.69) is 22.4 Å². The Labute approximate surface area is 137 Å². The van der Waals surface area contributed by atoms with E-state index in [0.29, 0.717) is 18.1 Å². The smallest absolute Gasteiger partial charge is 0.224 e. The molecule has 0 spiro atoms. The number of nitrogens with one attached hydrogen (secondary N) is 1. The Morgan fingerprint density at radius 2 is 1.96 bits per heavy atom. The lowest BCUT2D eigenvalue weighted by atomic mass is 10.1. The average Bonchev–Trinajstić information content (AvgIpc) is 2.97. The number of benzene rings is 1. The Bertz CT molecular complexity index is 622. The first-order chi connectivity index (χ1) is 11.2. The first-order valence-electron chi connectivity index (χ1n) is 8.39. The van der Waals surface area contributed by atoms with Gasteiger partial charge in [-0.25, -0.2) is 0 Å². The molecule has 0 aliphatic rings. The topological polar surface area (TPSA) is 68.0 Å². The molecule has 1 aromatic carbocycles. The highest BCUT2D eigenvalue weighted by molar-refractivity contribution is 5.91. The molecule has 0 saturated heterocycles. The summed E-state index contributed by atoms with van der Waals surface area (Å²) in [6, 6.07) is 7.51. The summed E-state index contributed by atoms with van der Waals surface area (Å²) in [6.45, 7) is 3.96. The van der Waals surface area contributed by atoms with Gasteiger partial charge in [0.15, 0.2) is 0 Å². The van der Waals surface area contributed by atoms with Gasteiger partial charge in [-0.1, -0.05) is 56.3 Å². The van der Waals surface area contributed by atoms with Crippen molar-refractivity contribution in [2.24, 2.45) is 0 Å². The van der Waals surface area contributed by atoms with Crippen molar-refractivity contribution >= 4 is 11.6 Å². The Morgan fingerprint density at radius 1 is 1.17 bits per heavy atom. The van der Waals surface area contributed by atoms with Crippen molar-refractivity contribution in [2.45, 2.75) is 58.8 Å². The largest absolute Gasteiger partial charge is 0.339 e. The number of nitrogens with zero attached hydrogens (tertiary/aromatic N) is 2. The van der Waals surface area contributed by atoms with Crippen molar-refractivity contribution in [3.63, 3.8) is 0 Å². The van der Waals surface area contributed by atoms with E-state index in [1.807, 2.05) is 24.3 Å². The second-order valence-corrected chi connectivity index (χ2v) is 5.78. The van der Waals surface area contributed by atoms with Crippen molar-refractivity contribution < 1.29 is 9.32 Å². The third-order valence-corrected chi connectivity index (χ3v) is 3.69. The molecule has 2 aromatic rings. The van der Waals surface area contributed by atoms with Gasteiger partial charge in [-0.3, -0.25) is 4.79 Å². The molecule has 5 heteroatoms. The van der Waals surface area contributed by atoms with Crippen LogP contribution in [0.3, 0.4) is 0 Å². The lowest BCUT2D eigenvalue weighted by Gasteiger charge is -2.06. The van der Waals surface area contributed by atoms with Gasteiger partial charge in [0.25, 0.3) is 0 Å². The summed E-state index contributed by atoms with van der Waals surface area (Å²) in [7, 11) is 0. The first kappa shape index (κ1) is 17.2. The van der Waals surface area contributed by atoms with Crippen LogP contribution < -0.4 is 5.32 Å². The highest BCUT2D eigenvalue weighted by Gasteiger charge is 2.08. The van der Waals surface area contributed by atoms with Crippen LogP contribution in [-0.2, 0) is 4.79 Å². The minimum Gasteiger partial charge on any atom is -0.339 e. The molecule has 0 unspecified atom stereocenters. The molecule has 0 aliphatic carbocycles. The Kier molecular flexibility index (Phi) is 6.78. The summed E-state index contributed by atoms with van der Waals surface area (Å²) >= 11 is 0. The summed E-state index contributed by atoms with van der Waals surface area (Å²) < 4.78 is 4.98. The molecule has 0 fully saturated rings. The van der Waals surface area contributed by atoms with Gasteiger partial charge < -0.3 is 9.84 Å². The number of hydrogen-bond acceptors (Lipinski definition) is 4. The van der Waals surface area contributed by atoms with Crippen molar-refractivity contribution in [1.82, 2.24) is 10.1 Å². The molecule has 124 valence electrons. The molecule has 1 aromatic heterocycles. The fourth-order valence-corrected chi connectivity index (χ4v) is 2.44. The molecule has 0 bridgehead atoms. The zero-order valence-corrected chi connectivity index (χ0v) is 14.0. The minimum absolute atomic E-state index is 0.0573. The predicted molar refractivity (Wildman–Crippen MR) is 91.1 cm³/mol. The second-order valence-electron chi connectivity index (χ2n) is 5.78. The van der Waals surface area contributed by atoms with E-state index in [1.165, 1.54) is 25.7 Å². The molecule has 5 nitrogen and oxygen atoms in total. The van der Waals surface area contributed by atoms with E-state index in [-0.39, 0.29) is 5.91 Å². The Morgan fingerprint density at radius 3 is 2.70 bits per heavy atom. The van der Waals surface area contributed by atoms with Crippen LogP contribution in [0.15, 0.2) is 28.8 Å². The van der Waals surface area contributed by atoms with Gasteiger partial charge in [-0.15, -0.1) is 0 Å². The third kappa shape index (κ3) is 5.85. The number of amides is 1. The summed E-state index contributed by atoms with van der Waals surface area (Å²) in [6.07, 6.45) is 7.65. The van der Waals surface area contributed by atoms with Crippen LogP contribution in [0.1, 0.15) is 57.8 Å². The third-order valence-electron chi connectivity index (χ3n) is 3.69. The van der Waals surface area contributed by atoms with E-state index >= 15 is 0 Å². The SMILES string of the molecule is CCCCCCCCC(=O)Nc1cccc(-c2noc(C)n2)c1. The monoisotopic (exact) mass is 315 g/mol. The maximum Gasteiger partial charge on any atom is 0.224 e. The number of aryl methyl sites for hydroxylation is 1. The number of aromatic nitrogens is 2. The van der Waals surface area contributed by atoms with E-state index in [0.717, 1.165) is 24.1 Å². The lowest BCUT2D eigenvalue weighted by molar-refractivity contribution is -0.116. The second kappa shape index (κ2) is 9.08. The van der Waals surface area contributed by atoms with Crippen molar-refractivity contribution in [1.29, 1.82) is 0 Å². The van der Waals surface area contributed by atoms with E-state index in [9.17, 15) is 4.79 Å². The highest BCUT2D eigenvalue weighted by Crippen LogP contribution is 2.20. The molecule has 0 radical (unpaired) electrons. The Balaban J connectivity index is 1.80. The maximum absolute atomic E-state index is 12.0. The molecule has 0 aliphatic heterocycles. The molecule has 1 N–H and O–H groups in total. The summed E-state index contributed by atoms with van der Waals surface area (Å²) in [4.78, 5) is 16.2. The van der Waals surface area contributed by atoms with Crippen molar-refractivity contribution in [3.05, 3.63) is 30.2 Å². The van der Waals surface area contributed by atoms with Crippen molar-refractivity contribution in [3.8, 4) is 11.4 Å². The summed E-state index contributed by atoms with van der Waals surface area (Å²) in [5.41, 5.74) is 1.60. The van der Waals surface area contributed by atoms with Crippen LogP contribution in [-0.4, -0.2) is 16.0 Å². The number of unbranched alkanes of at least 4 members (excludes halogenated alkanes) is 5. The minimum atomic E-state index is 0.0573. The van der Waals surface area contributed by atoms with E-state index in [4.69, 9.17) is 4.52 Å². The number of hydrogen-bond donors (Lipinski definition) is 1. The lowest BCUT2D eigenvalue weighted by Crippen LogP contribution is -2.11. The molecule has 0 atom stereocenters. The highest BCUT2D eigenvalue weighted by atomic mass is 16.5. The van der Waals surface area contributed by atoms with Gasteiger partial charge in [0, 0.05) is 24.6 Å². The van der Waals surface area contributed by atoms with Crippen LogP contribution >= 0.6 is 0 Å². The van der Waals surface area contributed by atoms with E-state index < -0.39 is 0 Å². The van der Waals surface area contributed by atoms with Gasteiger partial charge in [0.1, 0.15) is 0 Å². The maximum atomic E-state index is 12.0. The van der Waals surface area contributed by atoms with E-state index in [1.54, 1.807) is 6.92 Å². The molecule has 0 saturated carbocycles. The summed E-state index contributed by atoms with van der Waals surface area (Å²) in [5.74, 6) is 1.12. The van der Waals surface area contributed by atoms with Crippen molar-refractivity contribution in [2.75, 3.05) is 5.32 Å². The quantitative estimate of drug-likeness (QED) is 0.679. The molecular weight excluding hydrogens is 290 g/mol. The number of rotatable bonds is 9. The normalized spacial score (nSPS) is 10.7. The molecule has 2 rings (SSSR count). The molecule has 1 heterocycles. The zero-order chi connectivity index (χ0) is 16.5. The van der Waals surface area contributed by atoms with Crippen LogP contribution in [0.2, 0.25) is 0 Å². The number of carbonyl (C=O) groups is 1. The standard InChI is InChI=1S/C18H25N3O2/c1-3-4-5-6-7-8-12-17(22)20-16-11-9-10-15(13-16)18-19-14(2)23-21-18/h9-11,13H,3-8,12H2,1-2H3,(H,20,22). The van der Waals surface area contributed by atoms with Gasteiger partial charge in [-0.2, -0.15) is 4.98 Å². The molecule has 23 heavy (non-hydrogen) atoms. The Hall–Kier alpha value is -2.17. The van der Waals surface area contributed by atoms with Crippen LogP contribution in [0.4, 0.5) is 5.69 Å². The zero-order valence-electron chi connectivity index (χ0n) is 14.0. The number of anilines is 1. The molecule has 1 amide bonds. The average molecular weight is 315 g/mol.